The molecule has 0 amide bonds. The lowest BCUT2D eigenvalue weighted by Gasteiger charge is -2.11. The van der Waals surface area contributed by atoms with E-state index in [0.717, 1.165) is 10.4 Å². The number of aromatic nitrogens is 3. The van der Waals surface area contributed by atoms with Gasteiger partial charge in [0.1, 0.15) is 5.56 Å². The average Bonchev–Trinajstić information content (AvgIpc) is 2.88. The summed E-state index contributed by atoms with van der Waals surface area (Å²) in [6.07, 6.45) is -0.415. The molecule has 3 nitrogen and oxygen atoms in total. The molecule has 3 aromatic rings. The second-order valence-corrected chi connectivity index (χ2v) is 5.73. The number of H-pyrrole nitrogens is 1. The number of rotatable bonds is 2. The Labute approximate surface area is 132 Å². The lowest BCUT2D eigenvalue weighted by atomic mass is 10.1. The van der Waals surface area contributed by atoms with E-state index in [1.54, 1.807) is 17.8 Å². The summed E-state index contributed by atoms with van der Waals surface area (Å²) < 4.78 is 39.5. The number of alkyl halides is 3. The summed E-state index contributed by atoms with van der Waals surface area (Å²) in [6, 6.07) is 5.49. The van der Waals surface area contributed by atoms with E-state index in [0.29, 0.717) is 17.1 Å². The van der Waals surface area contributed by atoms with Crippen LogP contribution in [0.5, 0.6) is 0 Å². The molecule has 22 heavy (non-hydrogen) atoms. The number of nitrogens with one attached hydrogen (secondary N) is 1. The third kappa shape index (κ3) is 2.66. The predicted molar refractivity (Wildman–Crippen MR) is 81.1 cm³/mol. The first-order chi connectivity index (χ1) is 10.4. The molecule has 0 saturated carbocycles. The molecule has 0 radical (unpaired) electrons. The molecular formula is C14H9ClF3N3S. The second kappa shape index (κ2) is 5.48. The van der Waals surface area contributed by atoms with Gasteiger partial charge in [-0.05, 0) is 30.0 Å². The molecule has 0 atom stereocenters. The van der Waals surface area contributed by atoms with Gasteiger partial charge < -0.3 is 4.98 Å². The van der Waals surface area contributed by atoms with E-state index in [1.807, 2.05) is 18.4 Å². The largest absolute Gasteiger partial charge is 0.419 e. The van der Waals surface area contributed by atoms with Crippen LogP contribution in [-0.4, -0.2) is 21.2 Å². The minimum atomic E-state index is -4.55. The van der Waals surface area contributed by atoms with Crippen molar-refractivity contribution < 1.29 is 13.2 Å². The van der Waals surface area contributed by atoms with Crippen molar-refractivity contribution in [3.05, 3.63) is 41.4 Å². The van der Waals surface area contributed by atoms with Crippen molar-refractivity contribution in [1.29, 1.82) is 0 Å². The number of halogens is 4. The van der Waals surface area contributed by atoms with Gasteiger partial charge in [-0.15, -0.1) is 11.8 Å². The van der Waals surface area contributed by atoms with E-state index in [1.165, 1.54) is 6.20 Å². The quantitative estimate of drug-likeness (QED) is 0.524. The first-order valence-electron chi connectivity index (χ1n) is 6.15. The zero-order valence-corrected chi connectivity index (χ0v) is 12.8. The fraction of sp³-hybridized carbons (Fsp3) is 0.143. The molecule has 0 bridgehead atoms. The van der Waals surface area contributed by atoms with Crippen molar-refractivity contribution in [2.24, 2.45) is 0 Å². The van der Waals surface area contributed by atoms with E-state index in [4.69, 9.17) is 11.6 Å². The second-order valence-electron chi connectivity index (χ2n) is 4.51. The Morgan fingerprint density at radius 1 is 1.27 bits per heavy atom. The maximum atomic E-state index is 13.2. The molecule has 8 heteroatoms. The molecule has 0 aliphatic carbocycles. The SMILES string of the molecule is CSc1ccc2c(-c3nc(Cl)ncc3C(F)(F)F)c[nH]c2c1. The summed E-state index contributed by atoms with van der Waals surface area (Å²) in [5, 5.41) is 0.427. The molecule has 114 valence electrons. The van der Waals surface area contributed by atoms with Gasteiger partial charge in [0.15, 0.2) is 0 Å². The third-order valence-electron chi connectivity index (χ3n) is 3.21. The van der Waals surface area contributed by atoms with Crippen molar-refractivity contribution in [2.75, 3.05) is 6.26 Å². The maximum absolute atomic E-state index is 13.2. The lowest BCUT2D eigenvalue weighted by Crippen LogP contribution is -2.09. The van der Waals surface area contributed by atoms with Gasteiger partial charge in [0.25, 0.3) is 0 Å². The van der Waals surface area contributed by atoms with Crippen LogP contribution in [0.25, 0.3) is 22.2 Å². The highest BCUT2D eigenvalue weighted by molar-refractivity contribution is 7.98. The fourth-order valence-electron chi connectivity index (χ4n) is 2.20. The number of thioether (sulfide) groups is 1. The van der Waals surface area contributed by atoms with Gasteiger partial charge in [0.2, 0.25) is 5.28 Å². The predicted octanol–water partition coefficient (Wildman–Crippen LogP) is 5.02. The van der Waals surface area contributed by atoms with Gasteiger partial charge in [0.05, 0.1) is 5.69 Å². The van der Waals surface area contributed by atoms with Gasteiger partial charge in [0, 0.05) is 33.8 Å². The Morgan fingerprint density at radius 3 is 2.73 bits per heavy atom. The summed E-state index contributed by atoms with van der Waals surface area (Å²) in [5.41, 5.74) is -0.0496. The standard InChI is InChI=1S/C14H9ClF3N3S/c1-22-7-2-3-8-9(5-19-11(8)4-7)12-10(14(16,17)18)6-20-13(15)21-12/h2-6,19H,1H3. The Hall–Kier alpha value is -1.73. The molecule has 0 unspecified atom stereocenters. The molecule has 0 aliphatic rings. The van der Waals surface area contributed by atoms with Crippen LogP contribution in [0.4, 0.5) is 13.2 Å². The van der Waals surface area contributed by atoms with Crippen LogP contribution in [0.15, 0.2) is 35.5 Å². The molecule has 0 saturated heterocycles. The van der Waals surface area contributed by atoms with Crippen LogP contribution < -0.4 is 0 Å². The Balaban J connectivity index is 2.25. The third-order valence-corrected chi connectivity index (χ3v) is 4.12. The van der Waals surface area contributed by atoms with Gasteiger partial charge in [-0.3, -0.25) is 0 Å². The van der Waals surface area contributed by atoms with E-state index in [2.05, 4.69) is 15.0 Å². The maximum Gasteiger partial charge on any atom is 0.419 e. The van der Waals surface area contributed by atoms with Crippen LogP contribution in [0.1, 0.15) is 5.56 Å². The van der Waals surface area contributed by atoms with Gasteiger partial charge in [-0.1, -0.05) is 6.07 Å². The molecular weight excluding hydrogens is 335 g/mol. The highest BCUT2D eigenvalue weighted by atomic mass is 35.5. The minimum absolute atomic E-state index is 0.224. The van der Waals surface area contributed by atoms with E-state index < -0.39 is 11.7 Å². The topological polar surface area (TPSA) is 41.6 Å². The fourth-order valence-corrected chi connectivity index (χ4v) is 2.77. The van der Waals surface area contributed by atoms with Crippen molar-refractivity contribution in [3.8, 4) is 11.3 Å². The molecule has 1 N–H and O–H groups in total. The monoisotopic (exact) mass is 343 g/mol. The van der Waals surface area contributed by atoms with Crippen molar-refractivity contribution >= 4 is 34.3 Å². The number of nitrogens with zero attached hydrogens (tertiary/aromatic N) is 2. The van der Waals surface area contributed by atoms with Crippen LogP contribution in [0, 0.1) is 0 Å². The van der Waals surface area contributed by atoms with Crippen LogP contribution >= 0.6 is 23.4 Å². The number of aromatic amines is 1. The zero-order valence-electron chi connectivity index (χ0n) is 11.2. The van der Waals surface area contributed by atoms with Gasteiger partial charge in [-0.2, -0.15) is 13.2 Å². The highest BCUT2D eigenvalue weighted by Gasteiger charge is 2.36. The van der Waals surface area contributed by atoms with Crippen LogP contribution in [0.2, 0.25) is 5.28 Å². The van der Waals surface area contributed by atoms with Gasteiger partial charge >= 0.3 is 6.18 Å². The molecule has 2 heterocycles. The number of benzene rings is 1. The van der Waals surface area contributed by atoms with E-state index in [-0.39, 0.29) is 11.0 Å². The van der Waals surface area contributed by atoms with Crippen molar-refractivity contribution in [3.63, 3.8) is 0 Å². The van der Waals surface area contributed by atoms with Crippen molar-refractivity contribution in [1.82, 2.24) is 15.0 Å². The summed E-state index contributed by atoms with van der Waals surface area (Å²) in [7, 11) is 0. The average molecular weight is 344 g/mol. The molecule has 0 spiro atoms. The zero-order chi connectivity index (χ0) is 15.9. The first kappa shape index (κ1) is 15.2. The summed E-state index contributed by atoms with van der Waals surface area (Å²) >= 11 is 7.23. The molecule has 3 rings (SSSR count). The number of hydrogen-bond acceptors (Lipinski definition) is 3. The first-order valence-corrected chi connectivity index (χ1v) is 7.75. The summed E-state index contributed by atoms with van der Waals surface area (Å²) in [5.74, 6) is 0. The number of hydrogen-bond donors (Lipinski definition) is 1. The lowest BCUT2D eigenvalue weighted by molar-refractivity contribution is -0.137. The molecule has 0 fully saturated rings. The molecule has 2 aromatic heterocycles. The normalized spacial score (nSPS) is 12.0. The summed E-state index contributed by atoms with van der Waals surface area (Å²) in [6.45, 7) is 0. The Kier molecular flexibility index (Phi) is 3.78. The smallest absolute Gasteiger partial charge is 0.360 e. The highest BCUT2D eigenvalue weighted by Crippen LogP contribution is 2.39. The summed E-state index contributed by atoms with van der Waals surface area (Å²) in [4.78, 5) is 11.2. The Morgan fingerprint density at radius 2 is 2.05 bits per heavy atom. The molecule has 0 aliphatic heterocycles. The molecule has 1 aromatic carbocycles. The van der Waals surface area contributed by atoms with E-state index in [9.17, 15) is 13.2 Å². The van der Waals surface area contributed by atoms with E-state index >= 15 is 0 Å². The number of fused-ring (bicyclic) bond motifs is 1. The van der Waals surface area contributed by atoms with Crippen molar-refractivity contribution in [2.45, 2.75) is 11.1 Å². The Bertz CT molecular complexity index is 845. The van der Waals surface area contributed by atoms with Gasteiger partial charge in [-0.25, -0.2) is 9.97 Å². The van der Waals surface area contributed by atoms with Crippen LogP contribution in [0.3, 0.4) is 0 Å². The minimum Gasteiger partial charge on any atom is -0.360 e. The van der Waals surface area contributed by atoms with Crippen LogP contribution in [-0.2, 0) is 6.18 Å².